The molecule has 0 atom stereocenters. The zero-order valence-corrected chi connectivity index (χ0v) is 12.0. The van der Waals surface area contributed by atoms with Crippen LogP contribution in [0.25, 0.3) is 21.9 Å². The van der Waals surface area contributed by atoms with E-state index in [1.54, 1.807) is 18.2 Å². The van der Waals surface area contributed by atoms with E-state index in [2.05, 4.69) is 27.0 Å². The number of halogens is 1. The highest BCUT2D eigenvalue weighted by atomic mass is 79.9. The summed E-state index contributed by atoms with van der Waals surface area (Å²) in [6.45, 7) is 0. The van der Waals surface area contributed by atoms with Gasteiger partial charge in [-0.2, -0.15) is 5.26 Å². The number of hydrogen-bond acceptors (Lipinski definition) is 4. The molecule has 0 fully saturated rings. The van der Waals surface area contributed by atoms with Crippen LogP contribution >= 0.6 is 27.3 Å². The first-order valence-corrected chi connectivity index (χ1v) is 7.10. The second kappa shape index (κ2) is 5.00. The molecule has 3 nitrogen and oxygen atoms in total. The number of benzene rings is 1. The highest BCUT2D eigenvalue weighted by molar-refractivity contribution is 9.10. The fourth-order valence-electron chi connectivity index (χ4n) is 1.68. The maximum Gasteiger partial charge on any atom is 0.169 e. The van der Waals surface area contributed by atoms with Gasteiger partial charge in [-0.1, -0.05) is 12.1 Å². The van der Waals surface area contributed by atoms with Crippen molar-refractivity contribution in [3.63, 3.8) is 0 Å². The van der Waals surface area contributed by atoms with Crippen molar-refractivity contribution in [3.05, 3.63) is 51.8 Å². The SMILES string of the molecule is N#CC(=Cc1ccc(Br)o1)c1nc2ccccc2s1. The summed E-state index contributed by atoms with van der Waals surface area (Å²) < 4.78 is 7.09. The van der Waals surface area contributed by atoms with E-state index in [9.17, 15) is 5.26 Å². The molecule has 2 heterocycles. The van der Waals surface area contributed by atoms with E-state index in [1.807, 2.05) is 24.3 Å². The summed E-state index contributed by atoms with van der Waals surface area (Å²) in [6, 6.07) is 13.6. The lowest BCUT2D eigenvalue weighted by Crippen LogP contribution is -1.78. The van der Waals surface area contributed by atoms with Crippen LogP contribution in [0.3, 0.4) is 0 Å². The van der Waals surface area contributed by atoms with Gasteiger partial charge in [0, 0.05) is 6.08 Å². The van der Waals surface area contributed by atoms with Gasteiger partial charge in [0.2, 0.25) is 0 Å². The second-order valence-electron chi connectivity index (χ2n) is 3.80. The number of fused-ring (bicyclic) bond motifs is 1. The fraction of sp³-hybridized carbons (Fsp3) is 0. The molecule has 0 aliphatic rings. The Bertz CT molecular complexity index is 777. The molecule has 92 valence electrons. The average Bonchev–Trinajstić information content (AvgIpc) is 3.01. The molecule has 0 aliphatic heterocycles. The minimum atomic E-state index is 0.503. The summed E-state index contributed by atoms with van der Waals surface area (Å²) in [5.41, 5.74) is 1.41. The summed E-state index contributed by atoms with van der Waals surface area (Å²) in [6.07, 6.45) is 1.70. The molecule has 2 aromatic heterocycles. The Hall–Kier alpha value is -1.90. The van der Waals surface area contributed by atoms with Crippen LogP contribution in [0, 0.1) is 11.3 Å². The summed E-state index contributed by atoms with van der Waals surface area (Å²) in [5.74, 6) is 0.627. The first kappa shape index (κ1) is 12.2. The lowest BCUT2D eigenvalue weighted by molar-refractivity contribution is 0.532. The predicted octanol–water partition coefficient (Wildman–Crippen LogP) is 4.72. The van der Waals surface area contributed by atoms with Gasteiger partial charge < -0.3 is 4.42 Å². The van der Waals surface area contributed by atoms with E-state index in [-0.39, 0.29) is 0 Å². The zero-order chi connectivity index (χ0) is 13.2. The van der Waals surface area contributed by atoms with Crippen molar-refractivity contribution in [1.29, 1.82) is 5.26 Å². The van der Waals surface area contributed by atoms with Crippen molar-refractivity contribution in [3.8, 4) is 6.07 Å². The number of allylic oxidation sites excluding steroid dienone is 1. The number of rotatable bonds is 2. The Labute approximate surface area is 121 Å². The third kappa shape index (κ3) is 2.46. The Morgan fingerprint density at radius 2 is 2.16 bits per heavy atom. The van der Waals surface area contributed by atoms with Gasteiger partial charge in [0.25, 0.3) is 0 Å². The van der Waals surface area contributed by atoms with Crippen LogP contribution in [-0.2, 0) is 0 Å². The van der Waals surface area contributed by atoms with E-state index in [4.69, 9.17) is 4.42 Å². The number of para-hydroxylation sites is 1. The molecule has 0 spiro atoms. The van der Waals surface area contributed by atoms with Crippen LogP contribution in [0.5, 0.6) is 0 Å². The van der Waals surface area contributed by atoms with Crippen LogP contribution in [0.4, 0.5) is 0 Å². The van der Waals surface area contributed by atoms with Crippen molar-refractivity contribution in [2.45, 2.75) is 0 Å². The summed E-state index contributed by atoms with van der Waals surface area (Å²) in [4.78, 5) is 4.46. The average molecular weight is 331 g/mol. The minimum absolute atomic E-state index is 0.503. The van der Waals surface area contributed by atoms with Crippen LogP contribution in [0.1, 0.15) is 10.8 Å². The molecule has 5 heteroatoms. The quantitative estimate of drug-likeness (QED) is 0.639. The Balaban J connectivity index is 2.07. The predicted molar refractivity (Wildman–Crippen MR) is 79.5 cm³/mol. The lowest BCUT2D eigenvalue weighted by Gasteiger charge is -1.90. The maximum atomic E-state index is 9.27. The number of aromatic nitrogens is 1. The van der Waals surface area contributed by atoms with Crippen LogP contribution < -0.4 is 0 Å². The van der Waals surface area contributed by atoms with E-state index in [0.29, 0.717) is 21.0 Å². The largest absolute Gasteiger partial charge is 0.450 e. The molecule has 19 heavy (non-hydrogen) atoms. The van der Waals surface area contributed by atoms with Gasteiger partial charge in [0.05, 0.1) is 15.8 Å². The molecule has 0 unspecified atom stereocenters. The Morgan fingerprint density at radius 1 is 1.32 bits per heavy atom. The third-order valence-electron chi connectivity index (χ3n) is 2.53. The molecule has 0 saturated carbocycles. The van der Waals surface area contributed by atoms with Gasteiger partial charge in [0.1, 0.15) is 16.8 Å². The van der Waals surface area contributed by atoms with E-state index in [1.165, 1.54) is 11.3 Å². The molecule has 1 aromatic carbocycles. The first-order chi connectivity index (χ1) is 9.26. The smallest absolute Gasteiger partial charge is 0.169 e. The highest BCUT2D eigenvalue weighted by Gasteiger charge is 2.09. The minimum Gasteiger partial charge on any atom is -0.450 e. The molecule has 0 amide bonds. The normalized spacial score (nSPS) is 11.7. The Kier molecular flexibility index (Phi) is 3.20. The molecular weight excluding hydrogens is 324 g/mol. The summed E-state index contributed by atoms with van der Waals surface area (Å²) in [5, 5.41) is 9.97. The topological polar surface area (TPSA) is 49.8 Å². The zero-order valence-electron chi connectivity index (χ0n) is 9.63. The van der Waals surface area contributed by atoms with Crippen molar-refractivity contribution < 1.29 is 4.42 Å². The fourth-order valence-corrected chi connectivity index (χ4v) is 2.93. The monoisotopic (exact) mass is 330 g/mol. The van der Waals surface area contributed by atoms with Crippen molar-refractivity contribution >= 4 is 49.1 Å². The number of nitriles is 1. The summed E-state index contributed by atoms with van der Waals surface area (Å²) in [7, 11) is 0. The maximum absolute atomic E-state index is 9.27. The van der Waals surface area contributed by atoms with Crippen LogP contribution in [0.2, 0.25) is 0 Å². The standard InChI is InChI=1S/C14H7BrN2OS/c15-13-6-5-10(18-13)7-9(8-16)14-17-11-3-1-2-4-12(11)19-14/h1-7H. The van der Waals surface area contributed by atoms with Crippen LogP contribution in [-0.4, -0.2) is 4.98 Å². The van der Waals surface area contributed by atoms with Gasteiger partial charge in [-0.05, 0) is 40.2 Å². The molecular formula is C14H7BrN2OS. The molecule has 3 aromatic rings. The third-order valence-corrected chi connectivity index (χ3v) is 4.02. The lowest BCUT2D eigenvalue weighted by atomic mass is 10.2. The Morgan fingerprint density at radius 3 is 2.84 bits per heavy atom. The molecule has 0 radical (unpaired) electrons. The number of furan rings is 1. The van der Waals surface area contributed by atoms with Gasteiger partial charge in [-0.15, -0.1) is 11.3 Å². The number of hydrogen-bond donors (Lipinski definition) is 0. The van der Waals surface area contributed by atoms with E-state index >= 15 is 0 Å². The highest BCUT2D eigenvalue weighted by Crippen LogP contribution is 2.28. The van der Waals surface area contributed by atoms with Gasteiger partial charge in [-0.25, -0.2) is 4.98 Å². The van der Waals surface area contributed by atoms with Crippen molar-refractivity contribution in [1.82, 2.24) is 4.98 Å². The molecule has 0 saturated heterocycles. The van der Waals surface area contributed by atoms with Gasteiger partial charge >= 0.3 is 0 Å². The molecule has 3 rings (SSSR count). The number of nitrogens with zero attached hydrogens (tertiary/aromatic N) is 2. The first-order valence-electron chi connectivity index (χ1n) is 5.49. The van der Waals surface area contributed by atoms with Gasteiger partial charge in [0.15, 0.2) is 4.67 Å². The van der Waals surface area contributed by atoms with Crippen molar-refractivity contribution in [2.24, 2.45) is 0 Å². The molecule has 0 N–H and O–H groups in total. The number of thiazole rings is 1. The molecule has 0 aliphatic carbocycles. The van der Waals surface area contributed by atoms with E-state index < -0.39 is 0 Å². The summed E-state index contributed by atoms with van der Waals surface area (Å²) >= 11 is 4.74. The molecule has 0 bridgehead atoms. The van der Waals surface area contributed by atoms with Gasteiger partial charge in [-0.3, -0.25) is 0 Å². The second-order valence-corrected chi connectivity index (χ2v) is 5.61. The van der Waals surface area contributed by atoms with E-state index in [0.717, 1.165) is 10.2 Å². The van der Waals surface area contributed by atoms with Crippen molar-refractivity contribution in [2.75, 3.05) is 0 Å². The van der Waals surface area contributed by atoms with Crippen LogP contribution in [0.15, 0.2) is 45.5 Å².